The first-order chi connectivity index (χ1) is 15.9. The number of rotatable bonds is 6. The largest absolute Gasteiger partial charge is 0.423 e. The molecule has 2 amide bonds. The number of esters is 1. The summed E-state index contributed by atoms with van der Waals surface area (Å²) >= 11 is 12.1. The second-order valence-corrected chi connectivity index (χ2v) is 8.02. The van der Waals surface area contributed by atoms with Crippen molar-refractivity contribution in [3.05, 3.63) is 99.7 Å². The van der Waals surface area contributed by atoms with Crippen LogP contribution >= 0.6 is 23.2 Å². The molecule has 4 rings (SSSR count). The van der Waals surface area contributed by atoms with Gasteiger partial charge in [-0.2, -0.15) is 0 Å². The summed E-state index contributed by atoms with van der Waals surface area (Å²) in [4.78, 5) is 38.8. The highest BCUT2D eigenvalue weighted by Crippen LogP contribution is 2.31. The molecule has 0 fully saturated rings. The number of amides is 2. The molecule has 0 aromatic heterocycles. The van der Waals surface area contributed by atoms with Gasteiger partial charge in [-0.15, -0.1) is 0 Å². The van der Waals surface area contributed by atoms with Gasteiger partial charge >= 0.3 is 5.97 Å². The highest BCUT2D eigenvalue weighted by atomic mass is 35.5. The number of nitrogens with one attached hydrogen (secondary N) is 1. The van der Waals surface area contributed by atoms with Crippen LogP contribution in [0, 0.1) is 0 Å². The zero-order chi connectivity index (χ0) is 23.5. The Morgan fingerprint density at radius 3 is 2.36 bits per heavy atom. The van der Waals surface area contributed by atoms with Gasteiger partial charge in [0.1, 0.15) is 16.5 Å². The second-order valence-electron chi connectivity index (χ2n) is 7.21. The molecule has 0 saturated heterocycles. The number of ether oxygens (including phenoxy) is 1. The first kappa shape index (κ1) is 22.6. The lowest BCUT2D eigenvalue weighted by Crippen LogP contribution is -2.32. The SMILES string of the molecule is CCc1cccc(OC(=O)c2ccc(NC3=C(Cl)C(=O)N(c4cccc(Cl)c4)C3=O)cc2)c1. The van der Waals surface area contributed by atoms with Crippen LogP contribution in [0.4, 0.5) is 11.4 Å². The number of hydrogen-bond donors (Lipinski definition) is 1. The Hall–Kier alpha value is -3.61. The summed E-state index contributed by atoms with van der Waals surface area (Å²) in [6, 6.07) is 20.0. The molecule has 166 valence electrons. The molecule has 3 aromatic carbocycles. The predicted molar refractivity (Wildman–Crippen MR) is 128 cm³/mol. The molecule has 33 heavy (non-hydrogen) atoms. The summed E-state index contributed by atoms with van der Waals surface area (Å²) in [7, 11) is 0. The molecule has 3 aromatic rings. The fourth-order valence-electron chi connectivity index (χ4n) is 3.29. The van der Waals surface area contributed by atoms with E-state index in [9.17, 15) is 14.4 Å². The van der Waals surface area contributed by atoms with Crippen molar-refractivity contribution < 1.29 is 19.1 Å². The van der Waals surface area contributed by atoms with E-state index < -0.39 is 17.8 Å². The summed E-state index contributed by atoms with van der Waals surface area (Å²) in [6.45, 7) is 2.02. The third kappa shape index (κ3) is 4.77. The molecule has 0 unspecified atom stereocenters. The van der Waals surface area contributed by atoms with Gasteiger partial charge in [-0.3, -0.25) is 9.59 Å². The molecule has 0 bridgehead atoms. The topological polar surface area (TPSA) is 75.7 Å². The van der Waals surface area contributed by atoms with Gasteiger partial charge in [0.15, 0.2) is 0 Å². The molecule has 1 aliphatic heterocycles. The minimum absolute atomic E-state index is 0.0617. The van der Waals surface area contributed by atoms with Crippen molar-refractivity contribution in [1.82, 2.24) is 0 Å². The molecule has 6 nitrogen and oxygen atoms in total. The van der Waals surface area contributed by atoms with Crippen LogP contribution in [0.25, 0.3) is 0 Å². The van der Waals surface area contributed by atoms with Gasteiger partial charge in [0.2, 0.25) is 0 Å². The second kappa shape index (κ2) is 9.48. The Morgan fingerprint density at radius 2 is 1.67 bits per heavy atom. The van der Waals surface area contributed by atoms with Crippen LogP contribution in [0.15, 0.2) is 83.5 Å². The van der Waals surface area contributed by atoms with Gasteiger partial charge in [0.05, 0.1) is 11.3 Å². The smallest absolute Gasteiger partial charge is 0.343 e. The van der Waals surface area contributed by atoms with Crippen LogP contribution in [0.3, 0.4) is 0 Å². The van der Waals surface area contributed by atoms with Crippen molar-refractivity contribution >= 4 is 52.4 Å². The zero-order valence-electron chi connectivity index (χ0n) is 17.5. The van der Waals surface area contributed by atoms with Crippen LogP contribution in [0.2, 0.25) is 5.02 Å². The van der Waals surface area contributed by atoms with E-state index in [1.54, 1.807) is 48.5 Å². The lowest BCUT2D eigenvalue weighted by atomic mass is 10.1. The van der Waals surface area contributed by atoms with E-state index in [0.717, 1.165) is 16.9 Å². The number of halogens is 2. The lowest BCUT2D eigenvalue weighted by Gasteiger charge is -2.15. The van der Waals surface area contributed by atoms with Gasteiger partial charge in [-0.05, 0) is 66.6 Å². The van der Waals surface area contributed by atoms with Crippen molar-refractivity contribution in [1.29, 1.82) is 0 Å². The average Bonchev–Trinajstić information content (AvgIpc) is 3.02. The van der Waals surface area contributed by atoms with Crippen molar-refractivity contribution in [2.24, 2.45) is 0 Å². The number of imide groups is 1. The van der Waals surface area contributed by atoms with E-state index in [0.29, 0.717) is 27.7 Å². The summed E-state index contributed by atoms with van der Waals surface area (Å²) in [6.07, 6.45) is 0.833. The summed E-state index contributed by atoms with van der Waals surface area (Å²) in [5, 5.41) is 3.01. The van der Waals surface area contributed by atoms with Gasteiger partial charge in [0.25, 0.3) is 11.8 Å². The van der Waals surface area contributed by atoms with Crippen LogP contribution < -0.4 is 15.0 Å². The Bertz CT molecular complexity index is 1290. The molecule has 1 aliphatic rings. The molecule has 1 heterocycles. The third-order valence-corrected chi connectivity index (χ3v) is 5.59. The quantitative estimate of drug-likeness (QED) is 0.284. The standard InChI is InChI=1S/C25H18Cl2N2O4/c1-2-15-5-3-8-20(13-15)33-25(32)16-9-11-18(12-10-16)28-22-21(27)23(30)29(24(22)31)19-7-4-6-17(26)14-19/h3-14,28H,2H2,1H3. The molecule has 0 saturated carbocycles. The van der Waals surface area contributed by atoms with Crippen molar-refractivity contribution in [2.45, 2.75) is 13.3 Å². The van der Waals surface area contributed by atoms with Crippen molar-refractivity contribution in [3.8, 4) is 5.75 Å². The summed E-state index contributed by atoms with van der Waals surface area (Å²) in [5.41, 5.74) is 2.12. The maximum absolute atomic E-state index is 12.9. The zero-order valence-corrected chi connectivity index (χ0v) is 19.0. The average molecular weight is 481 g/mol. The summed E-state index contributed by atoms with van der Waals surface area (Å²) < 4.78 is 5.43. The number of hydrogen-bond acceptors (Lipinski definition) is 5. The van der Waals surface area contributed by atoms with E-state index in [4.69, 9.17) is 27.9 Å². The van der Waals surface area contributed by atoms with E-state index in [1.807, 2.05) is 25.1 Å². The van der Waals surface area contributed by atoms with E-state index in [-0.39, 0.29) is 10.7 Å². The highest BCUT2D eigenvalue weighted by Gasteiger charge is 2.39. The Kier molecular flexibility index (Phi) is 6.49. The van der Waals surface area contributed by atoms with Crippen LogP contribution in [-0.2, 0) is 16.0 Å². The molecule has 1 N–H and O–H groups in total. The number of carbonyl (C=O) groups is 3. The maximum Gasteiger partial charge on any atom is 0.343 e. The van der Waals surface area contributed by atoms with Crippen molar-refractivity contribution in [3.63, 3.8) is 0 Å². The van der Waals surface area contributed by atoms with E-state index in [2.05, 4.69) is 5.32 Å². The number of benzene rings is 3. The Balaban J connectivity index is 1.47. The molecule has 0 atom stereocenters. The minimum atomic E-state index is -0.652. The fraction of sp³-hybridized carbons (Fsp3) is 0.0800. The molecule has 0 spiro atoms. The molecule has 0 aliphatic carbocycles. The third-order valence-electron chi connectivity index (χ3n) is 5.00. The number of nitrogens with zero attached hydrogens (tertiary/aromatic N) is 1. The molecular formula is C25H18Cl2N2O4. The fourth-order valence-corrected chi connectivity index (χ4v) is 3.69. The Morgan fingerprint density at radius 1 is 0.939 bits per heavy atom. The van der Waals surface area contributed by atoms with E-state index >= 15 is 0 Å². The van der Waals surface area contributed by atoms with Gasteiger partial charge in [0, 0.05) is 10.7 Å². The molecule has 8 heteroatoms. The van der Waals surface area contributed by atoms with Crippen molar-refractivity contribution in [2.75, 3.05) is 10.2 Å². The first-order valence-electron chi connectivity index (χ1n) is 10.1. The lowest BCUT2D eigenvalue weighted by molar-refractivity contribution is -0.120. The molecular weight excluding hydrogens is 463 g/mol. The van der Waals surface area contributed by atoms with E-state index in [1.165, 1.54) is 6.07 Å². The monoisotopic (exact) mass is 480 g/mol. The number of aryl methyl sites for hydroxylation is 1. The molecule has 0 radical (unpaired) electrons. The maximum atomic E-state index is 12.9. The normalized spacial score (nSPS) is 13.5. The number of carbonyl (C=O) groups excluding carboxylic acids is 3. The van der Waals surface area contributed by atoms with Crippen LogP contribution in [0.1, 0.15) is 22.8 Å². The van der Waals surface area contributed by atoms with Gasteiger partial charge < -0.3 is 10.1 Å². The predicted octanol–water partition coefficient (Wildman–Crippen LogP) is 5.56. The number of anilines is 2. The van der Waals surface area contributed by atoms with Crippen LogP contribution in [-0.4, -0.2) is 17.8 Å². The first-order valence-corrected chi connectivity index (χ1v) is 10.9. The van der Waals surface area contributed by atoms with Gasteiger partial charge in [-0.25, -0.2) is 9.69 Å². The Labute approximate surface area is 200 Å². The van der Waals surface area contributed by atoms with Gasteiger partial charge in [-0.1, -0.05) is 48.3 Å². The minimum Gasteiger partial charge on any atom is -0.423 e. The highest BCUT2D eigenvalue weighted by molar-refractivity contribution is 6.53. The summed E-state index contributed by atoms with van der Waals surface area (Å²) in [5.74, 6) is -1.30. The van der Waals surface area contributed by atoms with Crippen LogP contribution in [0.5, 0.6) is 5.75 Å².